The molecule has 0 fully saturated rings. The molecule has 0 saturated carbocycles. The molecule has 0 bridgehead atoms. The summed E-state index contributed by atoms with van der Waals surface area (Å²) in [5.74, 6) is 0. The van der Waals surface area contributed by atoms with Crippen molar-refractivity contribution in [2.24, 2.45) is 0 Å². The van der Waals surface area contributed by atoms with Crippen molar-refractivity contribution in [2.45, 2.75) is 38.5 Å². The minimum absolute atomic E-state index is 0.445. The number of allylic oxidation sites excluding steroid dienone is 1. The third kappa shape index (κ3) is 2.96. The van der Waals surface area contributed by atoms with E-state index in [0.29, 0.717) is 6.04 Å². The Morgan fingerprint density at radius 3 is 3.00 bits per heavy atom. The highest BCUT2D eigenvalue weighted by molar-refractivity contribution is 5.34. The largest absolute Gasteiger partial charge is 0.372 e. The summed E-state index contributed by atoms with van der Waals surface area (Å²) in [6.45, 7) is 5.31. The maximum absolute atomic E-state index is 5.45. The minimum atomic E-state index is 0.445. The van der Waals surface area contributed by atoms with Crippen LogP contribution in [0.4, 0.5) is 0 Å². The number of nitrogens with one attached hydrogen (secondary N) is 1. The van der Waals surface area contributed by atoms with Gasteiger partial charge < -0.3 is 10.1 Å². The predicted octanol–water partition coefficient (Wildman–Crippen LogP) is 3.33. The van der Waals surface area contributed by atoms with E-state index in [4.69, 9.17) is 4.74 Å². The second-order valence-corrected chi connectivity index (χ2v) is 4.58. The van der Waals surface area contributed by atoms with Crippen LogP contribution in [0.3, 0.4) is 0 Å². The molecule has 1 unspecified atom stereocenters. The van der Waals surface area contributed by atoms with E-state index in [-0.39, 0.29) is 0 Å². The Bertz CT molecular complexity index is 387. The summed E-state index contributed by atoms with van der Waals surface area (Å²) < 4.78 is 5.45. The van der Waals surface area contributed by atoms with Crippen LogP contribution in [0.25, 0.3) is 0 Å². The maximum Gasteiger partial charge on any atom is 0.0725 e. The Hall–Kier alpha value is -1.12. The molecule has 0 saturated heterocycles. The number of unbranched alkanes of at least 4 members (excludes halogenated alkanes) is 1. The van der Waals surface area contributed by atoms with Gasteiger partial charge in [-0.25, -0.2) is 0 Å². The molecular weight excluding hydrogens is 210 g/mol. The van der Waals surface area contributed by atoms with Gasteiger partial charge in [-0.15, -0.1) is 6.58 Å². The summed E-state index contributed by atoms with van der Waals surface area (Å²) in [6.07, 6.45) is 5.42. The zero-order chi connectivity index (χ0) is 12.1. The molecule has 2 nitrogen and oxygen atoms in total. The highest BCUT2D eigenvalue weighted by Crippen LogP contribution is 2.26. The summed E-state index contributed by atoms with van der Waals surface area (Å²) in [4.78, 5) is 0. The van der Waals surface area contributed by atoms with Crippen molar-refractivity contribution >= 4 is 0 Å². The number of hydrogen-bond acceptors (Lipinski definition) is 2. The van der Waals surface area contributed by atoms with Gasteiger partial charge in [0.05, 0.1) is 13.2 Å². The molecule has 2 rings (SSSR count). The van der Waals surface area contributed by atoms with Crippen molar-refractivity contribution in [1.29, 1.82) is 0 Å². The lowest BCUT2D eigenvalue weighted by atomic mass is 9.97. The number of rotatable bonds is 6. The van der Waals surface area contributed by atoms with Gasteiger partial charge in [0, 0.05) is 6.04 Å². The summed E-state index contributed by atoms with van der Waals surface area (Å²) in [7, 11) is 2.03. The van der Waals surface area contributed by atoms with Gasteiger partial charge in [0.2, 0.25) is 0 Å². The summed E-state index contributed by atoms with van der Waals surface area (Å²) >= 11 is 0. The number of ether oxygens (including phenoxy) is 1. The van der Waals surface area contributed by atoms with Crippen molar-refractivity contribution in [3.63, 3.8) is 0 Å². The number of benzene rings is 1. The van der Waals surface area contributed by atoms with Gasteiger partial charge in [-0.1, -0.05) is 24.3 Å². The highest BCUT2D eigenvalue weighted by Gasteiger charge is 2.14. The Morgan fingerprint density at radius 2 is 2.24 bits per heavy atom. The molecule has 1 aromatic rings. The van der Waals surface area contributed by atoms with Gasteiger partial charge >= 0.3 is 0 Å². The van der Waals surface area contributed by atoms with E-state index in [9.17, 15) is 0 Å². The smallest absolute Gasteiger partial charge is 0.0725 e. The molecule has 1 N–H and O–H groups in total. The molecule has 92 valence electrons. The standard InChI is InChI=1S/C15H21NO/c1-3-4-5-6-15(16-2)12-7-8-13-10-17-11-14(13)9-12/h3,7-9,15-16H,1,4-6,10-11H2,2H3. The first kappa shape index (κ1) is 12.3. The molecule has 1 aromatic carbocycles. The maximum atomic E-state index is 5.45. The van der Waals surface area contributed by atoms with Crippen LogP contribution in [-0.4, -0.2) is 7.05 Å². The van der Waals surface area contributed by atoms with Crippen molar-refractivity contribution in [3.8, 4) is 0 Å². The fraction of sp³-hybridized carbons (Fsp3) is 0.467. The lowest BCUT2D eigenvalue weighted by Gasteiger charge is -2.17. The number of hydrogen-bond donors (Lipinski definition) is 1. The van der Waals surface area contributed by atoms with E-state index in [1.807, 2.05) is 13.1 Å². The first-order valence-corrected chi connectivity index (χ1v) is 6.32. The average Bonchev–Trinajstić information content (AvgIpc) is 2.82. The first-order valence-electron chi connectivity index (χ1n) is 6.32. The fourth-order valence-electron chi connectivity index (χ4n) is 2.35. The molecular formula is C15H21NO. The molecule has 0 radical (unpaired) electrons. The van der Waals surface area contributed by atoms with Gasteiger partial charge in [0.25, 0.3) is 0 Å². The SMILES string of the molecule is C=CCCCC(NC)c1ccc2c(c1)COC2. The molecule has 0 spiro atoms. The molecule has 0 amide bonds. The van der Waals surface area contributed by atoms with Gasteiger partial charge in [0.1, 0.15) is 0 Å². The van der Waals surface area contributed by atoms with Crippen molar-refractivity contribution < 1.29 is 4.74 Å². The molecule has 0 aromatic heterocycles. The van der Waals surface area contributed by atoms with Crippen LogP contribution in [0.2, 0.25) is 0 Å². The third-order valence-corrected chi connectivity index (χ3v) is 3.40. The van der Waals surface area contributed by atoms with Crippen LogP contribution in [-0.2, 0) is 18.0 Å². The molecule has 0 aliphatic carbocycles. The molecule has 1 aliphatic rings. The first-order chi connectivity index (χ1) is 8.35. The average molecular weight is 231 g/mol. The predicted molar refractivity (Wildman–Crippen MR) is 70.8 cm³/mol. The van der Waals surface area contributed by atoms with Gasteiger partial charge in [0.15, 0.2) is 0 Å². The van der Waals surface area contributed by atoms with Gasteiger partial charge in [-0.2, -0.15) is 0 Å². The van der Waals surface area contributed by atoms with E-state index < -0.39 is 0 Å². The third-order valence-electron chi connectivity index (χ3n) is 3.40. The summed E-state index contributed by atoms with van der Waals surface area (Å²) in [5, 5.41) is 3.39. The van der Waals surface area contributed by atoms with E-state index in [2.05, 4.69) is 30.1 Å². The number of fused-ring (bicyclic) bond motifs is 1. The summed E-state index contributed by atoms with van der Waals surface area (Å²) in [5.41, 5.74) is 4.07. The fourth-order valence-corrected chi connectivity index (χ4v) is 2.35. The quantitative estimate of drug-likeness (QED) is 0.599. The van der Waals surface area contributed by atoms with Crippen molar-refractivity contribution in [3.05, 3.63) is 47.5 Å². The van der Waals surface area contributed by atoms with Crippen LogP contribution >= 0.6 is 0 Å². The molecule has 2 heteroatoms. The zero-order valence-corrected chi connectivity index (χ0v) is 10.5. The second-order valence-electron chi connectivity index (χ2n) is 4.58. The molecule has 1 aliphatic heterocycles. The van der Waals surface area contributed by atoms with Crippen molar-refractivity contribution in [1.82, 2.24) is 5.32 Å². The lowest BCUT2D eigenvalue weighted by molar-refractivity contribution is 0.134. The minimum Gasteiger partial charge on any atom is -0.372 e. The topological polar surface area (TPSA) is 21.3 Å². The molecule has 17 heavy (non-hydrogen) atoms. The highest BCUT2D eigenvalue weighted by atomic mass is 16.5. The zero-order valence-electron chi connectivity index (χ0n) is 10.5. The van der Waals surface area contributed by atoms with Crippen LogP contribution in [0.1, 0.15) is 42.0 Å². The van der Waals surface area contributed by atoms with Crippen LogP contribution in [0.15, 0.2) is 30.9 Å². The lowest BCUT2D eigenvalue weighted by Crippen LogP contribution is -2.16. The Kier molecular flexibility index (Phi) is 4.35. The van der Waals surface area contributed by atoms with E-state index in [1.165, 1.54) is 23.1 Å². The normalized spacial score (nSPS) is 15.6. The Balaban J connectivity index is 2.05. The van der Waals surface area contributed by atoms with Crippen LogP contribution in [0, 0.1) is 0 Å². The monoisotopic (exact) mass is 231 g/mol. The van der Waals surface area contributed by atoms with Gasteiger partial charge in [-0.05, 0) is 43.0 Å². The van der Waals surface area contributed by atoms with E-state index in [0.717, 1.165) is 26.1 Å². The summed E-state index contributed by atoms with van der Waals surface area (Å²) in [6, 6.07) is 7.16. The van der Waals surface area contributed by atoms with E-state index >= 15 is 0 Å². The second kappa shape index (κ2) is 5.99. The Morgan fingerprint density at radius 1 is 1.41 bits per heavy atom. The van der Waals surface area contributed by atoms with Crippen LogP contribution < -0.4 is 5.32 Å². The molecule has 1 heterocycles. The van der Waals surface area contributed by atoms with Crippen molar-refractivity contribution in [2.75, 3.05) is 7.05 Å². The molecule has 1 atom stereocenters. The van der Waals surface area contributed by atoms with Gasteiger partial charge in [-0.3, -0.25) is 0 Å². The van der Waals surface area contributed by atoms with E-state index in [1.54, 1.807) is 0 Å². The Labute approximate surface area is 104 Å². The van der Waals surface area contributed by atoms with Crippen LogP contribution in [0.5, 0.6) is 0 Å².